The molecule has 1 aromatic heterocycles. The first-order valence-corrected chi connectivity index (χ1v) is 13.8. The van der Waals surface area contributed by atoms with Gasteiger partial charge in [-0.1, -0.05) is 41.9 Å². The Kier molecular flexibility index (Phi) is 7.43. The molecule has 0 unspecified atom stereocenters. The van der Waals surface area contributed by atoms with Gasteiger partial charge in [0.05, 0.1) is 23.1 Å². The molecule has 0 saturated carbocycles. The quantitative estimate of drug-likeness (QED) is 0.233. The Hall–Kier alpha value is -3.76. The van der Waals surface area contributed by atoms with Crippen molar-refractivity contribution in [3.63, 3.8) is 0 Å². The van der Waals surface area contributed by atoms with Crippen LogP contribution in [0.15, 0.2) is 54.6 Å². The maximum absolute atomic E-state index is 15.6. The van der Waals surface area contributed by atoms with Crippen molar-refractivity contribution >= 4 is 28.7 Å². The van der Waals surface area contributed by atoms with Crippen LogP contribution in [0.1, 0.15) is 70.1 Å². The van der Waals surface area contributed by atoms with E-state index in [1.54, 1.807) is 49.6 Å². The van der Waals surface area contributed by atoms with Gasteiger partial charge in [0.25, 0.3) is 0 Å². The van der Waals surface area contributed by atoms with Gasteiger partial charge < -0.3 is 20.1 Å². The van der Waals surface area contributed by atoms with E-state index < -0.39 is 41.7 Å². The number of nitrogens with two attached hydrogens (primary N) is 1. The van der Waals surface area contributed by atoms with E-state index in [-0.39, 0.29) is 22.8 Å². The third-order valence-electron chi connectivity index (χ3n) is 7.60. The number of benzene rings is 3. The van der Waals surface area contributed by atoms with Crippen LogP contribution in [-0.2, 0) is 5.54 Å². The summed E-state index contributed by atoms with van der Waals surface area (Å²) in [5.41, 5.74) is 7.63. The molecule has 42 heavy (non-hydrogen) atoms. The molecule has 0 fully saturated rings. The SMILES string of the molecule is CC(C)(N)c1ccc(-c2cc3c(cc2F)nc2n3[C@@H](c3c(Cl)cccc3OC(F)F)C[C@H]2N(C(=O)O)C(C)(C)C)cc1. The van der Waals surface area contributed by atoms with Gasteiger partial charge >= 0.3 is 12.7 Å². The van der Waals surface area contributed by atoms with Crippen molar-refractivity contribution in [3.8, 4) is 16.9 Å². The van der Waals surface area contributed by atoms with Crippen molar-refractivity contribution in [2.75, 3.05) is 0 Å². The number of carbonyl (C=O) groups is 1. The standard InChI is InChI=1S/C31H32ClF3N4O3/c1-30(2,3)39(29(40)41)24-15-23(26-19(32)7-6-8-25(26)42-28(34)35)38-22-13-18(20(33)14-21(22)37-27(24)38)16-9-11-17(12-10-16)31(4,5)36/h6-14,23-24,28H,15,36H2,1-5H3,(H,40,41)/t23-,24-/m1/s1. The molecule has 3 N–H and O–H groups in total. The highest BCUT2D eigenvalue weighted by Crippen LogP contribution is 2.50. The molecule has 0 aliphatic carbocycles. The molecule has 0 spiro atoms. The van der Waals surface area contributed by atoms with Crippen LogP contribution < -0.4 is 10.5 Å². The van der Waals surface area contributed by atoms with Crippen molar-refractivity contribution in [1.29, 1.82) is 0 Å². The number of fused-ring (bicyclic) bond motifs is 3. The Morgan fingerprint density at radius 1 is 1.14 bits per heavy atom. The smallest absolute Gasteiger partial charge is 0.408 e. The molecule has 7 nitrogen and oxygen atoms in total. The minimum Gasteiger partial charge on any atom is -0.465 e. The molecule has 222 valence electrons. The lowest BCUT2D eigenvalue weighted by Gasteiger charge is -2.37. The van der Waals surface area contributed by atoms with Gasteiger partial charge in [-0.05, 0) is 63.9 Å². The van der Waals surface area contributed by atoms with Crippen LogP contribution >= 0.6 is 11.6 Å². The highest BCUT2D eigenvalue weighted by Gasteiger charge is 2.45. The third-order valence-corrected chi connectivity index (χ3v) is 7.93. The molecule has 0 saturated heterocycles. The number of rotatable bonds is 6. The van der Waals surface area contributed by atoms with E-state index in [1.807, 2.05) is 26.0 Å². The highest BCUT2D eigenvalue weighted by atomic mass is 35.5. The molecule has 0 bridgehead atoms. The number of ether oxygens (including phenoxy) is 1. The number of hydrogen-bond donors (Lipinski definition) is 2. The van der Waals surface area contributed by atoms with E-state index in [4.69, 9.17) is 27.1 Å². The summed E-state index contributed by atoms with van der Waals surface area (Å²) in [5, 5.41) is 10.4. The first-order valence-electron chi connectivity index (χ1n) is 13.4. The molecule has 5 rings (SSSR count). The van der Waals surface area contributed by atoms with Crippen LogP contribution in [0, 0.1) is 5.82 Å². The zero-order valence-corrected chi connectivity index (χ0v) is 24.6. The maximum Gasteiger partial charge on any atom is 0.408 e. The fourth-order valence-electron chi connectivity index (χ4n) is 5.81. The Morgan fingerprint density at radius 2 is 1.81 bits per heavy atom. The van der Waals surface area contributed by atoms with Gasteiger partial charge in [0, 0.05) is 39.7 Å². The second kappa shape index (κ2) is 10.5. The molecule has 11 heteroatoms. The average Bonchev–Trinajstić information content (AvgIpc) is 3.39. The van der Waals surface area contributed by atoms with E-state index in [9.17, 15) is 18.7 Å². The number of amides is 1. The van der Waals surface area contributed by atoms with Crippen molar-refractivity contribution in [3.05, 3.63) is 82.4 Å². The topological polar surface area (TPSA) is 93.6 Å². The maximum atomic E-state index is 15.6. The molecule has 1 aliphatic rings. The minimum absolute atomic E-state index is 0.129. The lowest BCUT2D eigenvalue weighted by molar-refractivity contribution is -0.0506. The van der Waals surface area contributed by atoms with Gasteiger partial charge in [-0.15, -0.1) is 0 Å². The van der Waals surface area contributed by atoms with Crippen LogP contribution in [0.5, 0.6) is 5.75 Å². The zero-order chi connectivity index (χ0) is 30.7. The second-order valence-corrected chi connectivity index (χ2v) is 12.5. The zero-order valence-electron chi connectivity index (χ0n) is 23.8. The molecule has 4 aromatic rings. The Labute approximate surface area is 246 Å². The van der Waals surface area contributed by atoms with Crippen LogP contribution in [0.4, 0.5) is 18.0 Å². The Morgan fingerprint density at radius 3 is 2.38 bits per heavy atom. The van der Waals surface area contributed by atoms with E-state index in [0.29, 0.717) is 28.0 Å². The molecule has 1 amide bonds. The number of aromatic nitrogens is 2. The van der Waals surface area contributed by atoms with Gasteiger partial charge in [0.1, 0.15) is 17.4 Å². The van der Waals surface area contributed by atoms with Crippen LogP contribution in [0.25, 0.3) is 22.2 Å². The van der Waals surface area contributed by atoms with Crippen molar-refractivity contribution in [1.82, 2.24) is 14.5 Å². The summed E-state index contributed by atoms with van der Waals surface area (Å²) in [6, 6.07) is 13.1. The number of alkyl halides is 2. The fourth-order valence-corrected chi connectivity index (χ4v) is 6.11. The van der Waals surface area contributed by atoms with Crippen molar-refractivity contribution < 1.29 is 27.8 Å². The van der Waals surface area contributed by atoms with E-state index >= 15 is 4.39 Å². The summed E-state index contributed by atoms with van der Waals surface area (Å²) < 4.78 is 49.1. The monoisotopic (exact) mass is 600 g/mol. The Balaban J connectivity index is 1.76. The van der Waals surface area contributed by atoms with Gasteiger partial charge in [0.15, 0.2) is 0 Å². The molecular formula is C31H32ClF3N4O3. The third kappa shape index (κ3) is 5.29. The molecule has 3 aromatic carbocycles. The number of imidazole rings is 1. The summed E-state index contributed by atoms with van der Waals surface area (Å²) in [7, 11) is 0. The summed E-state index contributed by atoms with van der Waals surface area (Å²) in [5.74, 6) is -0.291. The number of hydrogen-bond acceptors (Lipinski definition) is 4. The largest absolute Gasteiger partial charge is 0.465 e. The predicted molar refractivity (Wildman–Crippen MR) is 156 cm³/mol. The Bertz CT molecular complexity index is 1660. The van der Waals surface area contributed by atoms with Crippen LogP contribution in [0.3, 0.4) is 0 Å². The summed E-state index contributed by atoms with van der Waals surface area (Å²) in [4.78, 5) is 18.5. The first-order chi connectivity index (χ1) is 19.6. The number of nitrogens with zero attached hydrogens (tertiary/aromatic N) is 3. The number of halogens is 4. The summed E-state index contributed by atoms with van der Waals surface area (Å²) >= 11 is 6.60. The van der Waals surface area contributed by atoms with Crippen molar-refractivity contribution in [2.24, 2.45) is 5.73 Å². The molecule has 0 radical (unpaired) electrons. The van der Waals surface area contributed by atoms with E-state index in [0.717, 1.165) is 5.56 Å². The van der Waals surface area contributed by atoms with Gasteiger partial charge in [-0.25, -0.2) is 14.2 Å². The lowest BCUT2D eigenvalue weighted by atomic mass is 9.93. The van der Waals surface area contributed by atoms with Crippen LogP contribution in [-0.4, -0.2) is 37.8 Å². The molecule has 1 aliphatic heterocycles. The van der Waals surface area contributed by atoms with Gasteiger partial charge in [0.2, 0.25) is 0 Å². The predicted octanol–water partition coefficient (Wildman–Crippen LogP) is 8.10. The number of carboxylic acid groups (broad SMARTS) is 1. The summed E-state index contributed by atoms with van der Waals surface area (Å²) in [6.07, 6.45) is -1.03. The van der Waals surface area contributed by atoms with E-state index in [2.05, 4.69) is 0 Å². The van der Waals surface area contributed by atoms with Gasteiger partial charge in [-0.3, -0.25) is 4.90 Å². The van der Waals surface area contributed by atoms with Gasteiger partial charge in [-0.2, -0.15) is 8.78 Å². The van der Waals surface area contributed by atoms with Crippen LogP contribution in [0.2, 0.25) is 5.02 Å². The second-order valence-electron chi connectivity index (χ2n) is 12.1. The van der Waals surface area contributed by atoms with E-state index in [1.165, 1.54) is 23.1 Å². The molecular weight excluding hydrogens is 569 g/mol. The molecule has 2 atom stereocenters. The first kappa shape index (κ1) is 29.7. The minimum atomic E-state index is -3.11. The highest BCUT2D eigenvalue weighted by molar-refractivity contribution is 6.31. The average molecular weight is 601 g/mol. The molecule has 2 heterocycles. The normalized spacial score (nSPS) is 17.1. The summed E-state index contributed by atoms with van der Waals surface area (Å²) in [6.45, 7) is 5.91. The van der Waals surface area contributed by atoms with Crippen molar-refractivity contribution in [2.45, 2.75) is 70.8 Å². The fraction of sp³-hybridized carbons (Fsp3) is 0.355. The lowest BCUT2D eigenvalue weighted by Crippen LogP contribution is -2.46.